The average Bonchev–Trinajstić information content (AvgIpc) is 2.93. The van der Waals surface area contributed by atoms with Gasteiger partial charge in [0.2, 0.25) is 0 Å². The monoisotopic (exact) mass is 354 g/mol. The summed E-state index contributed by atoms with van der Waals surface area (Å²) in [7, 11) is 0. The van der Waals surface area contributed by atoms with Crippen molar-refractivity contribution in [2.75, 3.05) is 5.32 Å². The molecule has 2 heterocycles. The molecule has 0 aliphatic heterocycles. The molecule has 5 nitrogen and oxygen atoms in total. The number of nitrogens with one attached hydrogen (secondary N) is 1. The second-order valence-corrected chi connectivity index (χ2v) is 6.42. The van der Waals surface area contributed by atoms with Crippen LogP contribution in [0.3, 0.4) is 0 Å². The third-order valence-electron chi connectivity index (χ3n) is 2.70. The maximum absolute atomic E-state index is 12.1. The topological polar surface area (TPSA) is 59.8 Å². The Labute approximate surface area is 129 Å². The lowest BCUT2D eigenvalue weighted by molar-refractivity contribution is 0.596. The number of hydrogen-bond acceptors (Lipinski definition) is 5. The van der Waals surface area contributed by atoms with Crippen LogP contribution in [0.15, 0.2) is 39.7 Å². The molecule has 0 unspecified atom stereocenters. The van der Waals surface area contributed by atoms with Crippen LogP contribution >= 0.6 is 27.3 Å². The van der Waals surface area contributed by atoms with E-state index in [1.54, 1.807) is 29.8 Å². The summed E-state index contributed by atoms with van der Waals surface area (Å²) < 4.78 is 1.80. The van der Waals surface area contributed by atoms with Gasteiger partial charge in [-0.15, -0.1) is 17.9 Å². The van der Waals surface area contributed by atoms with Crippen molar-refractivity contribution in [3.8, 4) is 0 Å². The van der Waals surface area contributed by atoms with Crippen LogP contribution in [-0.4, -0.2) is 14.8 Å². The molecule has 0 amide bonds. The number of aromatic nitrogens is 3. The van der Waals surface area contributed by atoms with Crippen molar-refractivity contribution < 1.29 is 0 Å². The molecule has 0 saturated heterocycles. The van der Waals surface area contributed by atoms with Crippen LogP contribution in [0.2, 0.25) is 0 Å². The Morgan fingerprint density at radius 3 is 2.95 bits per heavy atom. The first-order valence-corrected chi connectivity index (χ1v) is 7.67. The van der Waals surface area contributed by atoms with Crippen LogP contribution in [0.1, 0.15) is 18.9 Å². The molecule has 0 bridgehead atoms. The number of anilines is 1. The number of nitrogens with zero attached hydrogens (tertiary/aromatic N) is 3. The number of hydrogen-bond donors (Lipinski definition) is 1. The second kappa shape index (κ2) is 5.88. The van der Waals surface area contributed by atoms with Crippen molar-refractivity contribution in [3.63, 3.8) is 0 Å². The number of rotatable bonds is 5. The highest BCUT2D eigenvalue weighted by Gasteiger charge is 2.24. The summed E-state index contributed by atoms with van der Waals surface area (Å²) in [5, 5.41) is 10.3. The molecule has 7 heteroatoms. The third-order valence-corrected chi connectivity index (χ3v) is 4.56. The van der Waals surface area contributed by atoms with E-state index in [0.717, 1.165) is 5.01 Å². The first kappa shape index (κ1) is 14.9. The molecule has 0 radical (unpaired) electrons. The van der Waals surface area contributed by atoms with Crippen molar-refractivity contribution in [1.82, 2.24) is 14.8 Å². The molecule has 0 spiro atoms. The smallest absolute Gasteiger partial charge is 0.283 e. The predicted molar refractivity (Wildman–Crippen MR) is 85.2 cm³/mol. The van der Waals surface area contributed by atoms with Gasteiger partial charge >= 0.3 is 0 Å². The predicted octanol–water partition coefficient (Wildman–Crippen LogP) is 3.00. The lowest BCUT2D eigenvalue weighted by atomic mass is 10.1. The summed E-state index contributed by atoms with van der Waals surface area (Å²) in [6, 6.07) is 0. The zero-order valence-corrected chi connectivity index (χ0v) is 13.7. The lowest BCUT2D eigenvalue weighted by Crippen LogP contribution is -2.31. The minimum Gasteiger partial charge on any atom is -0.371 e. The van der Waals surface area contributed by atoms with Gasteiger partial charge < -0.3 is 5.32 Å². The highest BCUT2D eigenvalue weighted by molar-refractivity contribution is 9.10. The molecule has 0 saturated carbocycles. The summed E-state index contributed by atoms with van der Waals surface area (Å²) in [4.78, 5) is 16.4. The van der Waals surface area contributed by atoms with E-state index < -0.39 is 0 Å². The van der Waals surface area contributed by atoms with E-state index in [1.165, 1.54) is 4.68 Å². The molecule has 0 aliphatic carbocycles. The van der Waals surface area contributed by atoms with Crippen LogP contribution in [0, 0.1) is 0 Å². The molecule has 1 N–H and O–H groups in total. The van der Waals surface area contributed by atoms with Crippen molar-refractivity contribution in [1.29, 1.82) is 0 Å². The number of halogens is 1. The van der Waals surface area contributed by atoms with Gasteiger partial charge in [-0.3, -0.25) is 4.79 Å². The highest BCUT2D eigenvalue weighted by Crippen LogP contribution is 2.29. The Kier molecular flexibility index (Phi) is 4.39. The van der Waals surface area contributed by atoms with Gasteiger partial charge in [0.1, 0.15) is 9.48 Å². The molecule has 0 atom stereocenters. The zero-order valence-electron chi connectivity index (χ0n) is 11.3. The molecule has 0 fully saturated rings. The fourth-order valence-corrected chi connectivity index (χ4v) is 2.85. The van der Waals surface area contributed by atoms with Crippen molar-refractivity contribution in [2.24, 2.45) is 0 Å². The minimum atomic E-state index is -0.380. The van der Waals surface area contributed by atoms with Crippen molar-refractivity contribution in [3.05, 3.63) is 50.3 Å². The fraction of sp³-hybridized carbons (Fsp3) is 0.308. The van der Waals surface area contributed by atoms with E-state index in [4.69, 9.17) is 0 Å². The molecule has 2 rings (SSSR count). The molecular formula is C13H15BrN4OS. The van der Waals surface area contributed by atoms with Gasteiger partial charge in [-0.25, -0.2) is 9.67 Å². The van der Waals surface area contributed by atoms with E-state index in [2.05, 4.69) is 37.9 Å². The Morgan fingerprint density at radius 1 is 1.60 bits per heavy atom. The summed E-state index contributed by atoms with van der Waals surface area (Å²) in [5.41, 5.74) is 0.0791. The number of allylic oxidation sites excluding steroid dienone is 1. The molecule has 2 aromatic heterocycles. The van der Waals surface area contributed by atoms with Gasteiger partial charge in [-0.1, -0.05) is 6.08 Å². The maximum Gasteiger partial charge on any atom is 0.283 e. The van der Waals surface area contributed by atoms with Crippen molar-refractivity contribution >= 4 is 33.0 Å². The molecular weight excluding hydrogens is 340 g/mol. The first-order chi connectivity index (χ1) is 9.45. The van der Waals surface area contributed by atoms with Gasteiger partial charge in [0.05, 0.1) is 24.0 Å². The van der Waals surface area contributed by atoms with Crippen molar-refractivity contribution in [2.45, 2.75) is 25.9 Å². The van der Waals surface area contributed by atoms with Crippen LogP contribution in [-0.2, 0) is 12.1 Å². The van der Waals surface area contributed by atoms with Gasteiger partial charge in [-0.05, 0) is 29.8 Å². The first-order valence-electron chi connectivity index (χ1n) is 6.00. The molecule has 0 aromatic carbocycles. The normalized spacial score (nSPS) is 11.3. The standard InChI is InChI=1S/C13H15BrN4OS/c1-4-6-18-11(19)10(14)9(8-16-18)17-13(2,3)12-15-5-7-20-12/h4-5,7-8,17H,1,6H2,2-3H3. The van der Waals surface area contributed by atoms with E-state index in [9.17, 15) is 4.79 Å². The van der Waals surface area contributed by atoms with Crippen LogP contribution < -0.4 is 10.9 Å². The van der Waals surface area contributed by atoms with Gasteiger partial charge in [0.25, 0.3) is 5.56 Å². The van der Waals surface area contributed by atoms with Gasteiger partial charge in [-0.2, -0.15) is 5.10 Å². The van der Waals surface area contributed by atoms with Crippen LogP contribution in [0.25, 0.3) is 0 Å². The minimum absolute atomic E-state index is 0.190. The second-order valence-electron chi connectivity index (χ2n) is 4.74. The van der Waals surface area contributed by atoms with E-state index >= 15 is 0 Å². The third kappa shape index (κ3) is 2.99. The lowest BCUT2D eigenvalue weighted by Gasteiger charge is -2.25. The van der Waals surface area contributed by atoms with Crippen LogP contribution in [0.5, 0.6) is 0 Å². The average molecular weight is 355 g/mol. The van der Waals surface area contributed by atoms with E-state index in [-0.39, 0.29) is 11.1 Å². The summed E-state index contributed by atoms with van der Waals surface area (Å²) in [6.07, 6.45) is 5.02. The summed E-state index contributed by atoms with van der Waals surface area (Å²) >= 11 is 4.89. The Morgan fingerprint density at radius 2 is 2.35 bits per heavy atom. The molecule has 106 valence electrons. The Bertz CT molecular complexity index is 664. The molecule has 20 heavy (non-hydrogen) atoms. The molecule has 2 aromatic rings. The Hall–Kier alpha value is -1.47. The SMILES string of the molecule is C=CCn1ncc(NC(C)(C)c2nccs2)c(Br)c1=O. The number of thiazole rings is 1. The van der Waals surface area contributed by atoms with E-state index in [1.807, 2.05) is 19.2 Å². The quantitative estimate of drug-likeness (QED) is 0.838. The summed E-state index contributed by atoms with van der Waals surface area (Å²) in [6.45, 7) is 8.00. The van der Waals surface area contributed by atoms with Crippen LogP contribution in [0.4, 0.5) is 5.69 Å². The largest absolute Gasteiger partial charge is 0.371 e. The fourth-order valence-electron chi connectivity index (χ4n) is 1.73. The zero-order chi connectivity index (χ0) is 14.8. The summed E-state index contributed by atoms with van der Waals surface area (Å²) in [5.74, 6) is 0. The van der Waals surface area contributed by atoms with E-state index in [0.29, 0.717) is 16.7 Å². The van der Waals surface area contributed by atoms with Gasteiger partial charge in [0, 0.05) is 11.6 Å². The highest BCUT2D eigenvalue weighted by atomic mass is 79.9. The Balaban J connectivity index is 2.33. The molecule has 0 aliphatic rings. The van der Waals surface area contributed by atoms with Gasteiger partial charge in [0.15, 0.2) is 0 Å². The maximum atomic E-state index is 12.1.